The van der Waals surface area contributed by atoms with Gasteiger partial charge in [-0.1, -0.05) is 66.7 Å². The molecule has 144 valence electrons. The fourth-order valence-electron chi connectivity index (χ4n) is 2.64. The molecule has 30 heavy (non-hydrogen) atoms. The molecule has 0 heterocycles. The summed E-state index contributed by atoms with van der Waals surface area (Å²) < 4.78 is 23.9. The first-order valence-electron chi connectivity index (χ1n) is 9.29. The van der Waals surface area contributed by atoms with Crippen LogP contribution < -0.4 is 18.7 Å². The Morgan fingerprint density at radius 2 is 0.800 bits per heavy atom. The van der Waals surface area contributed by atoms with Crippen molar-refractivity contribution in [3.8, 4) is 28.7 Å². The van der Waals surface area contributed by atoms with Crippen LogP contribution in [0.15, 0.2) is 115 Å². The molecule has 0 amide bonds. The molecule has 0 saturated heterocycles. The Hall–Kier alpha value is -3.26. The van der Waals surface area contributed by atoms with Gasteiger partial charge in [-0.2, -0.15) is 0 Å². The largest absolute Gasteiger partial charge is 0.864 e. The van der Waals surface area contributed by atoms with Gasteiger partial charge in [0.15, 0.2) is 5.75 Å². The number of hydrogen-bond donors (Lipinski definition) is 0. The molecule has 0 unspecified atom stereocenters. The molecule has 4 nitrogen and oxygen atoms in total. The van der Waals surface area contributed by atoms with E-state index in [9.17, 15) is 0 Å². The van der Waals surface area contributed by atoms with Crippen molar-refractivity contribution < 1.29 is 18.7 Å². The molecule has 0 aliphatic rings. The van der Waals surface area contributed by atoms with E-state index >= 15 is 0 Å². The smallest absolute Gasteiger partial charge is 0.490 e. The van der Waals surface area contributed by atoms with E-state index in [-0.39, 0.29) is 18.9 Å². The molecule has 4 rings (SSSR count). The molecule has 0 aliphatic heterocycles. The summed E-state index contributed by atoms with van der Waals surface area (Å²) >= 11 is 0. The summed E-state index contributed by atoms with van der Waals surface area (Å²) in [6.07, 6.45) is 0. The Morgan fingerprint density at radius 1 is 0.400 bits per heavy atom. The van der Waals surface area contributed by atoms with Gasteiger partial charge in [0.2, 0.25) is 0 Å². The molecule has 0 spiro atoms. The normalized spacial score (nSPS) is 9.73. The molecule has 0 atom stereocenters. The third-order valence-electron chi connectivity index (χ3n) is 3.99. The van der Waals surface area contributed by atoms with E-state index in [1.807, 2.05) is 115 Å². The maximum absolute atomic E-state index is 6.06. The van der Waals surface area contributed by atoms with Gasteiger partial charge in [0.05, 0.1) is 0 Å². The maximum Gasteiger partial charge on any atom is 0.864 e. The van der Waals surface area contributed by atoms with Crippen LogP contribution in [-0.4, -0.2) is 26.2 Å². The van der Waals surface area contributed by atoms with Crippen LogP contribution in [-0.2, 0) is 0 Å². The van der Waals surface area contributed by atoms with E-state index in [0.717, 1.165) is 0 Å². The van der Waals surface area contributed by atoms with Crippen LogP contribution in [0.2, 0.25) is 0 Å². The molecular weight excluding hydrogens is 370 g/mol. The maximum atomic E-state index is 6.06. The summed E-state index contributed by atoms with van der Waals surface area (Å²) in [6.45, 7) is 0. The van der Waals surface area contributed by atoms with Crippen LogP contribution in [0.3, 0.4) is 0 Å². The molecule has 0 fully saturated rings. The molecule has 0 N–H and O–H groups in total. The van der Waals surface area contributed by atoms with Crippen molar-refractivity contribution in [2.75, 3.05) is 0 Å². The second-order valence-corrected chi connectivity index (χ2v) is 6.13. The Morgan fingerprint density at radius 3 is 1.30 bits per heavy atom. The van der Waals surface area contributed by atoms with Gasteiger partial charge >= 0.3 is 26.2 Å². The third kappa shape index (κ3) is 6.12. The first-order valence-corrected chi connectivity index (χ1v) is 9.29. The fourth-order valence-corrected chi connectivity index (χ4v) is 2.64. The van der Waals surface area contributed by atoms with E-state index in [4.69, 9.17) is 18.7 Å². The number of rotatable bonds is 8. The molecule has 4 aromatic carbocycles. The van der Waals surface area contributed by atoms with E-state index < -0.39 is 7.32 Å². The second-order valence-electron chi connectivity index (χ2n) is 6.13. The quantitative estimate of drug-likeness (QED) is 0.380. The molecule has 6 heteroatoms. The van der Waals surface area contributed by atoms with Gasteiger partial charge in [-0.25, -0.2) is 0 Å². The van der Waals surface area contributed by atoms with Crippen molar-refractivity contribution in [2.45, 2.75) is 0 Å². The first kappa shape index (κ1) is 21.5. The van der Waals surface area contributed by atoms with Gasteiger partial charge in [0.1, 0.15) is 23.0 Å². The van der Waals surface area contributed by atoms with Gasteiger partial charge in [-0.3, -0.25) is 0 Å². The summed E-state index contributed by atoms with van der Waals surface area (Å²) in [6, 6.07) is 35.7. The third-order valence-corrected chi connectivity index (χ3v) is 3.99. The van der Waals surface area contributed by atoms with Gasteiger partial charge in [-0.15, -0.1) is 0 Å². The van der Waals surface area contributed by atoms with E-state index in [1.165, 1.54) is 0 Å². The number of hydrogen-bond acceptors (Lipinski definition) is 4. The average Bonchev–Trinajstić information content (AvgIpc) is 2.77. The van der Waals surface area contributed by atoms with Gasteiger partial charge < -0.3 is 18.7 Å². The van der Waals surface area contributed by atoms with E-state index in [2.05, 4.69) is 0 Å². The molecule has 0 radical (unpaired) electrons. The molecule has 4 aromatic rings. The van der Waals surface area contributed by atoms with Crippen LogP contribution >= 0.6 is 0 Å². The molecule has 0 bridgehead atoms. The van der Waals surface area contributed by atoms with Crippen LogP contribution in [0.4, 0.5) is 0 Å². The predicted molar refractivity (Wildman–Crippen MR) is 121 cm³/mol. The van der Waals surface area contributed by atoms with Gasteiger partial charge in [0, 0.05) is 0 Å². The zero-order valence-corrected chi connectivity index (χ0v) is 15.7. The second kappa shape index (κ2) is 11.1. The zero-order valence-electron chi connectivity index (χ0n) is 15.7. The molecule has 0 saturated carbocycles. The van der Waals surface area contributed by atoms with Gasteiger partial charge in [0.25, 0.3) is 0 Å². The monoisotopic (exact) mass is 390 g/mol. The summed E-state index contributed by atoms with van der Waals surface area (Å²) in [7, 11) is -1.000. The molecular formula is C24H20BLiO4. The predicted octanol–water partition coefficient (Wildman–Crippen LogP) is 5.35. The van der Waals surface area contributed by atoms with Crippen molar-refractivity contribution in [1.82, 2.24) is 0 Å². The Balaban J connectivity index is 0.00000256. The van der Waals surface area contributed by atoms with Crippen molar-refractivity contribution in [3.63, 3.8) is 0 Å². The zero-order chi connectivity index (χ0) is 19.7. The van der Waals surface area contributed by atoms with Gasteiger partial charge in [-0.05, 0) is 48.5 Å². The van der Waals surface area contributed by atoms with Crippen LogP contribution in [0, 0.1) is 0 Å². The Labute approximate surface area is 188 Å². The number of para-hydroxylation sites is 5. The van der Waals surface area contributed by atoms with Crippen molar-refractivity contribution >= 4 is 26.2 Å². The summed E-state index contributed by atoms with van der Waals surface area (Å²) in [5.41, 5.74) is 0. The van der Waals surface area contributed by atoms with Crippen molar-refractivity contribution in [3.05, 3.63) is 115 Å². The average molecular weight is 390 g/mol. The Kier molecular flexibility index (Phi) is 7.91. The van der Waals surface area contributed by atoms with Crippen molar-refractivity contribution in [1.29, 1.82) is 0 Å². The van der Waals surface area contributed by atoms with Crippen LogP contribution in [0.25, 0.3) is 0 Å². The first-order chi connectivity index (χ1) is 14.4. The Bertz CT molecular complexity index is 975. The standard InChI is InChI=1S/C24H19BO4.Li.H/c1-4-12-20(13-5-1)26-23-18-10-11-19-24(23)29-25(27-21-14-6-2-7-15-21)28-22-16-8-3-9-17-22;;/h1-19H;;. The van der Waals surface area contributed by atoms with Crippen LogP contribution in [0.1, 0.15) is 0 Å². The summed E-state index contributed by atoms with van der Waals surface area (Å²) in [5.74, 6) is 3.06. The van der Waals surface area contributed by atoms with Crippen molar-refractivity contribution in [2.24, 2.45) is 0 Å². The minimum Gasteiger partial charge on any atom is -0.490 e. The minimum atomic E-state index is -1.000. The molecule has 0 aromatic heterocycles. The topological polar surface area (TPSA) is 36.9 Å². The number of ether oxygens (including phenoxy) is 1. The summed E-state index contributed by atoms with van der Waals surface area (Å²) in [4.78, 5) is 0. The molecule has 0 aliphatic carbocycles. The SMILES string of the molecule is [LiH].c1ccc(OB(Oc2ccccc2)Oc2ccccc2Oc2ccccc2)cc1. The number of benzene rings is 4. The summed E-state index contributed by atoms with van der Waals surface area (Å²) in [5, 5.41) is 0. The van der Waals surface area contributed by atoms with E-state index in [1.54, 1.807) is 0 Å². The van der Waals surface area contributed by atoms with Crippen LogP contribution in [0.5, 0.6) is 28.7 Å². The van der Waals surface area contributed by atoms with E-state index in [0.29, 0.717) is 28.7 Å². The minimum absolute atomic E-state index is 0. The fraction of sp³-hybridized carbons (Fsp3) is 0.